The van der Waals surface area contributed by atoms with Crippen molar-refractivity contribution < 1.29 is 19.1 Å². The van der Waals surface area contributed by atoms with Gasteiger partial charge in [-0.15, -0.1) is 0 Å². The van der Waals surface area contributed by atoms with Gasteiger partial charge in [-0.1, -0.05) is 49.6 Å². The van der Waals surface area contributed by atoms with E-state index >= 15 is 0 Å². The number of benzene rings is 1. The number of nitrogens with two attached hydrogens (primary N) is 1. The van der Waals surface area contributed by atoms with Gasteiger partial charge in [0.15, 0.2) is 0 Å². The predicted octanol–water partition coefficient (Wildman–Crippen LogP) is 3.48. The summed E-state index contributed by atoms with van der Waals surface area (Å²) in [6.45, 7) is 4.11. The first kappa shape index (κ1) is 22.8. The third-order valence-corrected chi connectivity index (χ3v) is 6.29. The van der Waals surface area contributed by atoms with Crippen molar-refractivity contribution in [1.82, 2.24) is 5.32 Å². The van der Waals surface area contributed by atoms with E-state index in [0.717, 1.165) is 31.2 Å². The van der Waals surface area contributed by atoms with Crippen molar-refractivity contribution in [3.8, 4) is 0 Å². The number of hydrogen-bond acceptors (Lipinski definition) is 5. The van der Waals surface area contributed by atoms with E-state index in [1.807, 2.05) is 37.3 Å². The second-order valence-electron chi connectivity index (χ2n) is 8.08. The van der Waals surface area contributed by atoms with E-state index in [1.54, 1.807) is 6.92 Å². The Morgan fingerprint density at radius 3 is 2.52 bits per heavy atom. The van der Waals surface area contributed by atoms with Crippen LogP contribution < -0.4 is 11.1 Å². The molecular weight excluding hydrogens is 392 g/mol. The van der Waals surface area contributed by atoms with Crippen LogP contribution in [-0.4, -0.2) is 35.7 Å². The van der Waals surface area contributed by atoms with Crippen LogP contribution in [-0.2, 0) is 20.8 Å². The van der Waals surface area contributed by atoms with Crippen LogP contribution in [0.2, 0.25) is 0 Å². The van der Waals surface area contributed by atoms with Crippen LogP contribution in [0.4, 0.5) is 0 Å². The molecule has 0 spiro atoms. The second-order valence-corrected chi connectivity index (χ2v) is 8.08. The normalized spacial score (nSPS) is 22.4. The van der Waals surface area contributed by atoms with E-state index in [2.05, 4.69) is 10.1 Å². The fraction of sp³-hybridized carbons (Fsp3) is 0.500. The molecule has 166 valence electrons. The topological polar surface area (TPSA) is 110 Å². The van der Waals surface area contributed by atoms with Gasteiger partial charge in [0, 0.05) is 17.8 Å². The smallest absolute Gasteiger partial charge is 0.346 e. The molecule has 1 unspecified atom stereocenters. The first-order valence-corrected chi connectivity index (χ1v) is 11.0. The average Bonchev–Trinajstić information content (AvgIpc) is 2.80. The fourth-order valence-electron chi connectivity index (χ4n) is 4.78. The van der Waals surface area contributed by atoms with Crippen LogP contribution in [0, 0.1) is 5.92 Å². The Morgan fingerprint density at radius 2 is 1.94 bits per heavy atom. The number of hydrogen-bond donors (Lipinski definition) is 2. The molecule has 0 amide bonds. The standard InChI is InChI=1S/C24H32N4O3/c1-4-31-23(29)24(27-15-17-11-7-5-8-12-17)21(28-26)19(18-13-9-6-10-14-18)20(25)16(2)22(24)30-3/h5,7-8,11-12,18,27H,4,6,9-10,13-15,25H2,1-3H3. The molecular formula is C24H32N4O3. The summed E-state index contributed by atoms with van der Waals surface area (Å²) in [6.07, 6.45) is 5.18. The number of nitrogens with zero attached hydrogens (tertiary/aromatic N) is 2. The molecule has 0 aromatic heterocycles. The maximum atomic E-state index is 13.5. The number of ether oxygens (including phenoxy) is 2. The summed E-state index contributed by atoms with van der Waals surface area (Å²) in [4.78, 5) is 17.2. The van der Waals surface area contributed by atoms with Crippen LogP contribution >= 0.6 is 0 Å². The molecule has 1 fully saturated rings. The minimum Gasteiger partial charge on any atom is -0.497 e. The van der Waals surface area contributed by atoms with Gasteiger partial charge in [0.1, 0.15) is 5.76 Å². The largest absolute Gasteiger partial charge is 0.497 e. The van der Waals surface area contributed by atoms with Gasteiger partial charge in [-0.05, 0) is 38.2 Å². The lowest BCUT2D eigenvalue weighted by Crippen LogP contribution is -2.63. The number of methoxy groups -OCH3 is 1. The van der Waals surface area contributed by atoms with Gasteiger partial charge in [0.2, 0.25) is 0 Å². The van der Waals surface area contributed by atoms with Crippen LogP contribution in [0.5, 0.6) is 0 Å². The monoisotopic (exact) mass is 424 g/mol. The SMILES string of the molecule is CCOC(=O)C1(NCc2ccccc2)C(=[N+]=[N-])C(C2CCCCC2)=C(N)C(C)=C1OC. The zero-order chi connectivity index (χ0) is 22.4. The van der Waals surface area contributed by atoms with Gasteiger partial charge >= 0.3 is 11.7 Å². The second kappa shape index (κ2) is 9.94. The highest BCUT2D eigenvalue weighted by Gasteiger charge is 2.61. The molecule has 0 aliphatic heterocycles. The lowest BCUT2D eigenvalue weighted by molar-refractivity contribution is -0.149. The Bertz CT molecular complexity index is 925. The van der Waals surface area contributed by atoms with E-state index in [1.165, 1.54) is 13.5 Å². The highest BCUT2D eigenvalue weighted by Crippen LogP contribution is 2.41. The molecule has 7 heteroatoms. The van der Waals surface area contributed by atoms with Crippen molar-refractivity contribution in [3.05, 3.63) is 64.0 Å². The summed E-state index contributed by atoms with van der Waals surface area (Å²) in [5, 5.41) is 3.32. The lowest BCUT2D eigenvalue weighted by atomic mass is 9.70. The summed E-state index contributed by atoms with van der Waals surface area (Å²) in [5.41, 5.74) is 18.2. The fourth-order valence-corrected chi connectivity index (χ4v) is 4.78. The Labute approximate surface area is 183 Å². The Morgan fingerprint density at radius 1 is 1.26 bits per heavy atom. The van der Waals surface area contributed by atoms with Crippen molar-refractivity contribution in [1.29, 1.82) is 0 Å². The molecule has 1 aromatic carbocycles. The van der Waals surface area contributed by atoms with Crippen LogP contribution in [0.1, 0.15) is 51.5 Å². The Hall–Kier alpha value is -2.89. The molecule has 3 rings (SSSR count). The molecule has 1 atom stereocenters. The molecule has 7 nitrogen and oxygen atoms in total. The minimum absolute atomic E-state index is 0.111. The van der Waals surface area contributed by atoms with Crippen molar-refractivity contribution in [2.45, 2.75) is 58.0 Å². The maximum absolute atomic E-state index is 13.5. The molecule has 2 aliphatic rings. The van der Waals surface area contributed by atoms with Gasteiger partial charge in [0.05, 0.1) is 19.3 Å². The lowest BCUT2D eigenvalue weighted by Gasteiger charge is -2.37. The highest BCUT2D eigenvalue weighted by atomic mass is 16.5. The molecule has 1 aromatic rings. The molecule has 0 radical (unpaired) electrons. The molecule has 2 aliphatic carbocycles. The van der Waals surface area contributed by atoms with E-state index in [4.69, 9.17) is 15.2 Å². The van der Waals surface area contributed by atoms with Crippen molar-refractivity contribution >= 4 is 11.7 Å². The van der Waals surface area contributed by atoms with Crippen LogP contribution in [0.15, 0.2) is 52.9 Å². The van der Waals surface area contributed by atoms with Gasteiger partial charge in [-0.3, -0.25) is 5.32 Å². The summed E-state index contributed by atoms with van der Waals surface area (Å²) in [7, 11) is 1.49. The first-order chi connectivity index (χ1) is 15.0. The summed E-state index contributed by atoms with van der Waals surface area (Å²) in [6, 6.07) is 9.71. The van der Waals surface area contributed by atoms with Crippen LogP contribution in [0.3, 0.4) is 0 Å². The number of nitrogens with one attached hydrogen (secondary N) is 1. The number of rotatable bonds is 7. The summed E-state index contributed by atoms with van der Waals surface area (Å²) < 4.78 is 11.2. The maximum Gasteiger partial charge on any atom is 0.346 e. The van der Waals surface area contributed by atoms with E-state index < -0.39 is 11.5 Å². The highest BCUT2D eigenvalue weighted by molar-refractivity contribution is 6.21. The predicted molar refractivity (Wildman–Crippen MR) is 119 cm³/mol. The summed E-state index contributed by atoms with van der Waals surface area (Å²) in [5.74, 6) is -0.164. The number of carbonyl (C=O) groups excluding carboxylic acids is 1. The van der Waals surface area contributed by atoms with Gasteiger partial charge in [0.25, 0.3) is 5.54 Å². The zero-order valence-electron chi connectivity index (χ0n) is 18.6. The van der Waals surface area contributed by atoms with E-state index in [-0.39, 0.29) is 18.2 Å². The Balaban J connectivity index is 2.18. The average molecular weight is 425 g/mol. The van der Waals surface area contributed by atoms with Crippen LogP contribution in [0.25, 0.3) is 5.53 Å². The third-order valence-electron chi connectivity index (χ3n) is 6.29. The van der Waals surface area contributed by atoms with Gasteiger partial charge in [-0.25, -0.2) is 4.79 Å². The first-order valence-electron chi connectivity index (χ1n) is 11.0. The number of carbonyl (C=O) groups is 1. The zero-order valence-corrected chi connectivity index (χ0v) is 18.6. The van der Waals surface area contributed by atoms with E-state index in [0.29, 0.717) is 29.1 Å². The van der Waals surface area contributed by atoms with E-state index in [9.17, 15) is 10.3 Å². The van der Waals surface area contributed by atoms with Gasteiger partial charge in [-0.2, -0.15) is 4.79 Å². The molecule has 1 saturated carbocycles. The molecule has 0 heterocycles. The number of allylic oxidation sites excluding steroid dienone is 1. The molecule has 3 N–H and O–H groups in total. The van der Waals surface area contributed by atoms with Crippen molar-refractivity contribution in [2.24, 2.45) is 11.7 Å². The molecule has 0 saturated heterocycles. The third kappa shape index (κ3) is 4.16. The quantitative estimate of drug-likeness (QED) is 0.396. The summed E-state index contributed by atoms with van der Waals surface area (Å²) >= 11 is 0. The Kier molecular flexibility index (Phi) is 7.31. The molecule has 0 bridgehead atoms. The molecule has 31 heavy (non-hydrogen) atoms. The van der Waals surface area contributed by atoms with Crippen molar-refractivity contribution in [2.75, 3.05) is 13.7 Å². The van der Waals surface area contributed by atoms with Crippen molar-refractivity contribution in [3.63, 3.8) is 0 Å². The minimum atomic E-state index is -1.59. The number of esters is 1. The van der Waals surface area contributed by atoms with Gasteiger partial charge < -0.3 is 20.7 Å².